The summed E-state index contributed by atoms with van der Waals surface area (Å²) < 4.78 is 0.977. The van der Waals surface area contributed by atoms with Crippen molar-refractivity contribution in [2.24, 2.45) is 29.1 Å². The molecular weight excluding hydrogens is 416 g/mol. The molecule has 1 spiro atoms. The summed E-state index contributed by atoms with van der Waals surface area (Å²) in [7, 11) is 0. The van der Waals surface area contributed by atoms with Gasteiger partial charge in [0.2, 0.25) is 11.8 Å². The predicted octanol–water partition coefficient (Wildman–Crippen LogP) is 4.91. The van der Waals surface area contributed by atoms with Gasteiger partial charge < -0.3 is 10.6 Å². The topological polar surface area (TPSA) is 58.2 Å². The van der Waals surface area contributed by atoms with Crippen LogP contribution in [0.15, 0.2) is 40.9 Å². The lowest BCUT2D eigenvalue weighted by atomic mass is 9.81. The first-order valence-corrected chi connectivity index (χ1v) is 11.4. The SMILES string of the molecule is CCCCCCNC(=O)[C@H]1[C@H](C(=O)Nc2ccc(Br)cc2)[C@@H]2C=C[C@H]1C21CC1. The van der Waals surface area contributed by atoms with E-state index in [1.807, 2.05) is 24.3 Å². The lowest BCUT2D eigenvalue weighted by Crippen LogP contribution is -2.42. The van der Waals surface area contributed by atoms with E-state index in [1.54, 1.807) is 0 Å². The van der Waals surface area contributed by atoms with Crippen LogP contribution in [0.4, 0.5) is 5.69 Å². The van der Waals surface area contributed by atoms with E-state index in [4.69, 9.17) is 0 Å². The van der Waals surface area contributed by atoms with E-state index in [-0.39, 0.29) is 40.9 Å². The minimum absolute atomic E-state index is 0.0171. The molecule has 150 valence electrons. The molecule has 3 aliphatic carbocycles. The second-order valence-electron chi connectivity index (χ2n) is 8.57. The zero-order valence-corrected chi connectivity index (χ0v) is 18.0. The smallest absolute Gasteiger partial charge is 0.228 e. The van der Waals surface area contributed by atoms with E-state index < -0.39 is 0 Å². The summed E-state index contributed by atoms with van der Waals surface area (Å²) in [4.78, 5) is 26.3. The Kier molecular flexibility index (Phi) is 5.64. The number of carbonyl (C=O) groups excluding carboxylic acids is 2. The van der Waals surface area contributed by atoms with Gasteiger partial charge in [-0.3, -0.25) is 9.59 Å². The molecule has 0 aliphatic heterocycles. The number of nitrogens with one attached hydrogen (secondary N) is 2. The Morgan fingerprint density at radius 2 is 1.64 bits per heavy atom. The largest absolute Gasteiger partial charge is 0.356 e. The second-order valence-corrected chi connectivity index (χ2v) is 9.48. The first kappa shape index (κ1) is 19.7. The molecule has 2 N–H and O–H groups in total. The highest BCUT2D eigenvalue weighted by atomic mass is 79.9. The average molecular weight is 445 g/mol. The Morgan fingerprint density at radius 1 is 1.00 bits per heavy atom. The highest BCUT2D eigenvalue weighted by Gasteiger charge is 2.69. The first-order chi connectivity index (χ1) is 13.6. The Balaban J connectivity index is 1.46. The number of benzene rings is 1. The molecule has 0 saturated heterocycles. The standard InChI is InChI=1S/C23H29BrN2O2/c1-2-3-4-5-14-25-21(27)19-17-10-11-18(23(17)12-13-23)20(19)22(28)26-16-8-6-15(24)7-9-16/h6-11,17-20H,2-5,12-14H2,1H3,(H,25,27)(H,26,28)/t17-,18+,19-,20-/m1/s1. The van der Waals surface area contributed by atoms with Crippen molar-refractivity contribution in [1.29, 1.82) is 0 Å². The van der Waals surface area contributed by atoms with Crippen LogP contribution in [0.5, 0.6) is 0 Å². The third kappa shape index (κ3) is 3.54. The van der Waals surface area contributed by atoms with E-state index in [0.717, 1.165) is 35.8 Å². The van der Waals surface area contributed by atoms with Crippen LogP contribution < -0.4 is 10.6 Å². The normalized spacial score (nSPS) is 28.5. The summed E-state index contributed by atoms with van der Waals surface area (Å²) >= 11 is 3.42. The molecular formula is C23H29BrN2O2. The second kappa shape index (κ2) is 8.02. The number of hydrogen-bond acceptors (Lipinski definition) is 2. The fraction of sp³-hybridized carbons (Fsp3) is 0.565. The molecule has 4 atom stereocenters. The van der Waals surface area contributed by atoms with Gasteiger partial charge >= 0.3 is 0 Å². The molecule has 5 heteroatoms. The number of rotatable bonds is 8. The van der Waals surface area contributed by atoms with Gasteiger partial charge in [-0.2, -0.15) is 0 Å². The van der Waals surface area contributed by atoms with Gasteiger partial charge in [-0.25, -0.2) is 0 Å². The van der Waals surface area contributed by atoms with E-state index in [0.29, 0.717) is 6.54 Å². The number of unbranched alkanes of at least 4 members (excludes halogenated alkanes) is 3. The van der Waals surface area contributed by atoms with Gasteiger partial charge in [-0.05, 0) is 60.8 Å². The number of allylic oxidation sites excluding steroid dienone is 2. The van der Waals surface area contributed by atoms with Crippen LogP contribution in [-0.2, 0) is 9.59 Å². The number of hydrogen-bond donors (Lipinski definition) is 2. The molecule has 2 fully saturated rings. The van der Waals surface area contributed by atoms with Crippen LogP contribution in [0.3, 0.4) is 0 Å². The van der Waals surface area contributed by atoms with Crippen molar-refractivity contribution in [3.05, 3.63) is 40.9 Å². The maximum absolute atomic E-state index is 13.2. The van der Waals surface area contributed by atoms with Crippen molar-refractivity contribution in [2.45, 2.75) is 45.4 Å². The Hall–Kier alpha value is -1.62. The van der Waals surface area contributed by atoms with Crippen molar-refractivity contribution in [2.75, 3.05) is 11.9 Å². The maximum atomic E-state index is 13.2. The fourth-order valence-electron chi connectivity index (χ4n) is 5.35. The predicted molar refractivity (Wildman–Crippen MR) is 115 cm³/mol. The van der Waals surface area contributed by atoms with Crippen molar-refractivity contribution in [1.82, 2.24) is 5.32 Å². The summed E-state index contributed by atoms with van der Waals surface area (Å²) in [5.74, 6) is -0.0410. The summed E-state index contributed by atoms with van der Waals surface area (Å²) in [5, 5.41) is 6.19. The Labute approximate surface area is 175 Å². The van der Waals surface area contributed by atoms with E-state index >= 15 is 0 Å². The number of halogens is 1. The summed E-state index contributed by atoms with van der Waals surface area (Å²) in [5.41, 5.74) is 0.954. The van der Waals surface area contributed by atoms with Gasteiger partial charge in [0.05, 0.1) is 11.8 Å². The molecule has 2 amide bonds. The quantitative estimate of drug-likeness (QED) is 0.441. The third-order valence-electron chi connectivity index (χ3n) is 6.89. The molecule has 4 nitrogen and oxygen atoms in total. The lowest BCUT2D eigenvalue weighted by molar-refractivity contribution is -0.132. The minimum atomic E-state index is -0.267. The van der Waals surface area contributed by atoms with Crippen molar-refractivity contribution in [3.8, 4) is 0 Å². The van der Waals surface area contributed by atoms with Gasteiger partial charge in [-0.15, -0.1) is 0 Å². The number of amides is 2. The highest BCUT2D eigenvalue weighted by molar-refractivity contribution is 9.10. The lowest BCUT2D eigenvalue weighted by Gasteiger charge is -2.26. The molecule has 2 bridgehead atoms. The van der Waals surface area contributed by atoms with Gasteiger partial charge in [0.1, 0.15) is 0 Å². The monoisotopic (exact) mass is 444 g/mol. The Morgan fingerprint density at radius 3 is 2.25 bits per heavy atom. The molecule has 28 heavy (non-hydrogen) atoms. The van der Waals surface area contributed by atoms with E-state index in [9.17, 15) is 9.59 Å². The van der Waals surface area contributed by atoms with Crippen LogP contribution in [0.25, 0.3) is 0 Å². The van der Waals surface area contributed by atoms with Crippen LogP contribution >= 0.6 is 15.9 Å². The minimum Gasteiger partial charge on any atom is -0.356 e. The fourth-order valence-corrected chi connectivity index (χ4v) is 5.61. The van der Waals surface area contributed by atoms with Gasteiger partial charge in [0.15, 0.2) is 0 Å². The molecule has 0 unspecified atom stereocenters. The molecule has 4 rings (SSSR count). The summed E-state index contributed by atoms with van der Waals surface area (Å²) in [6, 6.07) is 7.61. The molecule has 0 radical (unpaired) electrons. The van der Waals surface area contributed by atoms with Crippen LogP contribution in [0, 0.1) is 29.1 Å². The van der Waals surface area contributed by atoms with Gasteiger partial charge in [0.25, 0.3) is 0 Å². The molecule has 3 aliphatic rings. The van der Waals surface area contributed by atoms with Gasteiger partial charge in [-0.1, -0.05) is 54.3 Å². The van der Waals surface area contributed by atoms with Crippen LogP contribution in [0.1, 0.15) is 45.4 Å². The first-order valence-electron chi connectivity index (χ1n) is 10.6. The number of carbonyl (C=O) groups is 2. The zero-order chi connectivity index (χ0) is 19.7. The Bertz CT molecular complexity index is 769. The van der Waals surface area contributed by atoms with Crippen molar-refractivity contribution < 1.29 is 9.59 Å². The van der Waals surface area contributed by atoms with Crippen molar-refractivity contribution >= 4 is 33.4 Å². The van der Waals surface area contributed by atoms with E-state index in [2.05, 4.69) is 45.6 Å². The van der Waals surface area contributed by atoms with Crippen LogP contribution in [0.2, 0.25) is 0 Å². The third-order valence-corrected chi connectivity index (χ3v) is 7.42. The summed E-state index contributed by atoms with van der Waals surface area (Å²) in [6.45, 7) is 2.90. The molecule has 1 aromatic carbocycles. The number of anilines is 1. The van der Waals surface area contributed by atoms with E-state index in [1.165, 1.54) is 12.8 Å². The van der Waals surface area contributed by atoms with Crippen LogP contribution in [-0.4, -0.2) is 18.4 Å². The molecule has 2 saturated carbocycles. The maximum Gasteiger partial charge on any atom is 0.228 e. The zero-order valence-electron chi connectivity index (χ0n) is 16.4. The highest BCUT2D eigenvalue weighted by Crippen LogP contribution is 2.72. The molecule has 1 aromatic rings. The van der Waals surface area contributed by atoms with Gasteiger partial charge in [0, 0.05) is 16.7 Å². The molecule has 0 heterocycles. The summed E-state index contributed by atoms with van der Waals surface area (Å²) in [6.07, 6.45) is 11.2. The van der Waals surface area contributed by atoms with Crippen molar-refractivity contribution in [3.63, 3.8) is 0 Å². The molecule has 0 aromatic heterocycles. The average Bonchev–Trinajstić information content (AvgIpc) is 3.36.